The maximum Gasteiger partial charge on any atom is 0.251 e. The predicted molar refractivity (Wildman–Crippen MR) is 63.6 cm³/mol. The maximum absolute atomic E-state index is 11.6. The lowest BCUT2D eigenvalue weighted by atomic mass is 10.1. The minimum absolute atomic E-state index is 0.109. The summed E-state index contributed by atoms with van der Waals surface area (Å²) in [5, 5.41) is 2.56. The molecule has 17 heavy (non-hydrogen) atoms. The zero-order chi connectivity index (χ0) is 12.8. The highest BCUT2D eigenvalue weighted by atomic mass is 16.5. The minimum atomic E-state index is -0.459. The van der Waals surface area contributed by atoms with Crippen LogP contribution in [0, 0.1) is 0 Å². The van der Waals surface area contributed by atoms with Crippen LogP contribution in [-0.4, -0.2) is 25.5 Å². The summed E-state index contributed by atoms with van der Waals surface area (Å²) in [4.78, 5) is 22.1. The second kappa shape index (κ2) is 5.74. The first kappa shape index (κ1) is 12.8. The monoisotopic (exact) mass is 237 g/mol. The lowest BCUT2D eigenvalue weighted by Gasteiger charge is -2.07. The second-order valence-electron chi connectivity index (χ2n) is 3.43. The van der Waals surface area contributed by atoms with E-state index in [4.69, 9.17) is 16.2 Å². The van der Waals surface area contributed by atoms with Gasteiger partial charge in [-0.2, -0.15) is 0 Å². The molecule has 0 aliphatic rings. The molecule has 2 amide bonds. The molecule has 1 aromatic rings. The predicted octanol–water partition coefficient (Wildman–Crippen LogP) is -0.117. The Morgan fingerprint density at radius 2 is 2.12 bits per heavy atom. The van der Waals surface area contributed by atoms with Gasteiger partial charge in [0.2, 0.25) is 5.91 Å². The van der Waals surface area contributed by atoms with Crippen molar-refractivity contribution in [2.24, 2.45) is 5.73 Å². The molecule has 0 radical (unpaired) electrons. The molecule has 0 fully saturated rings. The van der Waals surface area contributed by atoms with E-state index in [-0.39, 0.29) is 18.9 Å². The third-order valence-electron chi connectivity index (χ3n) is 2.15. The lowest BCUT2D eigenvalue weighted by molar-refractivity contribution is -0.117. The van der Waals surface area contributed by atoms with Crippen LogP contribution < -0.4 is 21.5 Å². The van der Waals surface area contributed by atoms with Crippen LogP contribution in [0.3, 0.4) is 0 Å². The number of nitrogen functional groups attached to an aromatic ring is 1. The topological polar surface area (TPSA) is 107 Å². The van der Waals surface area contributed by atoms with Gasteiger partial charge in [-0.1, -0.05) is 0 Å². The number of carbonyl (C=O) groups excluding carboxylic acids is 2. The smallest absolute Gasteiger partial charge is 0.251 e. The van der Waals surface area contributed by atoms with Crippen molar-refractivity contribution in [3.05, 3.63) is 23.8 Å². The highest BCUT2D eigenvalue weighted by molar-refractivity contribution is 5.95. The highest BCUT2D eigenvalue weighted by Gasteiger charge is 2.08. The van der Waals surface area contributed by atoms with E-state index in [2.05, 4.69) is 5.32 Å². The summed E-state index contributed by atoms with van der Waals surface area (Å²) in [6, 6.07) is 4.71. The molecule has 5 N–H and O–H groups in total. The van der Waals surface area contributed by atoms with Crippen molar-refractivity contribution < 1.29 is 14.3 Å². The van der Waals surface area contributed by atoms with Crippen LogP contribution in [0.5, 0.6) is 5.75 Å². The summed E-state index contributed by atoms with van der Waals surface area (Å²) in [6.45, 7) is 0.208. The first-order chi connectivity index (χ1) is 8.04. The molecular formula is C11H15N3O3. The number of carbonyl (C=O) groups is 2. The molecule has 0 aromatic heterocycles. The van der Waals surface area contributed by atoms with Crippen LogP contribution in [0.1, 0.15) is 16.8 Å². The Kier molecular flexibility index (Phi) is 4.33. The Morgan fingerprint density at radius 3 is 2.65 bits per heavy atom. The number of hydrogen-bond donors (Lipinski definition) is 3. The van der Waals surface area contributed by atoms with Crippen molar-refractivity contribution in [1.29, 1.82) is 0 Å². The van der Waals surface area contributed by atoms with Crippen molar-refractivity contribution in [3.63, 3.8) is 0 Å². The van der Waals surface area contributed by atoms with Gasteiger partial charge in [0, 0.05) is 18.5 Å². The molecule has 0 heterocycles. The molecule has 0 unspecified atom stereocenters. The fourth-order valence-electron chi connectivity index (χ4n) is 1.28. The van der Waals surface area contributed by atoms with Crippen LogP contribution >= 0.6 is 0 Å². The summed E-state index contributed by atoms with van der Waals surface area (Å²) in [5.41, 5.74) is 11.4. The molecule has 1 rings (SSSR count). The SMILES string of the molecule is COc1ccc(C(=O)NCCC(N)=O)cc1N. The van der Waals surface area contributed by atoms with Crippen molar-refractivity contribution in [2.75, 3.05) is 19.4 Å². The van der Waals surface area contributed by atoms with Crippen molar-refractivity contribution >= 4 is 17.5 Å². The van der Waals surface area contributed by atoms with E-state index in [0.29, 0.717) is 17.0 Å². The third kappa shape index (κ3) is 3.67. The molecular weight excluding hydrogens is 222 g/mol. The second-order valence-corrected chi connectivity index (χ2v) is 3.43. The first-order valence-corrected chi connectivity index (χ1v) is 5.04. The van der Waals surface area contributed by atoms with Gasteiger partial charge in [0.05, 0.1) is 12.8 Å². The summed E-state index contributed by atoms with van der Waals surface area (Å²) < 4.78 is 4.97. The Hall–Kier alpha value is -2.24. The zero-order valence-electron chi connectivity index (χ0n) is 9.53. The van der Waals surface area contributed by atoms with Gasteiger partial charge in [-0.15, -0.1) is 0 Å². The van der Waals surface area contributed by atoms with Crippen LogP contribution in [0.2, 0.25) is 0 Å². The average molecular weight is 237 g/mol. The average Bonchev–Trinajstić information content (AvgIpc) is 2.28. The van der Waals surface area contributed by atoms with Crippen molar-refractivity contribution in [3.8, 4) is 5.75 Å². The molecule has 6 nitrogen and oxygen atoms in total. The van der Waals surface area contributed by atoms with E-state index >= 15 is 0 Å². The molecule has 0 bridgehead atoms. The van der Waals surface area contributed by atoms with Crippen molar-refractivity contribution in [1.82, 2.24) is 5.32 Å². The fourth-order valence-corrected chi connectivity index (χ4v) is 1.28. The van der Waals surface area contributed by atoms with Gasteiger partial charge in [0.25, 0.3) is 5.91 Å². The number of nitrogens with one attached hydrogen (secondary N) is 1. The maximum atomic E-state index is 11.6. The van der Waals surface area contributed by atoms with E-state index < -0.39 is 5.91 Å². The Morgan fingerprint density at radius 1 is 1.41 bits per heavy atom. The van der Waals surface area contributed by atoms with Gasteiger partial charge in [-0.05, 0) is 18.2 Å². The normalized spacial score (nSPS) is 9.71. The van der Waals surface area contributed by atoms with Gasteiger partial charge >= 0.3 is 0 Å². The van der Waals surface area contributed by atoms with E-state index in [1.807, 2.05) is 0 Å². The molecule has 0 atom stereocenters. The van der Waals surface area contributed by atoms with Gasteiger partial charge in [-0.3, -0.25) is 9.59 Å². The molecule has 92 valence electrons. The zero-order valence-corrected chi connectivity index (χ0v) is 9.53. The number of anilines is 1. The standard InChI is InChI=1S/C11H15N3O3/c1-17-9-3-2-7(6-8(9)12)11(16)14-5-4-10(13)15/h2-3,6H,4-5,12H2,1H3,(H2,13,15)(H,14,16). The summed E-state index contributed by atoms with van der Waals surface area (Å²) in [5.74, 6) is -0.251. The van der Waals surface area contributed by atoms with Gasteiger partial charge in [0.1, 0.15) is 5.75 Å². The number of hydrogen-bond acceptors (Lipinski definition) is 4. The number of methoxy groups -OCH3 is 1. The summed E-state index contributed by atoms with van der Waals surface area (Å²) in [6.07, 6.45) is 0.109. The first-order valence-electron chi connectivity index (χ1n) is 5.04. The summed E-state index contributed by atoms with van der Waals surface area (Å²) in [7, 11) is 1.50. The summed E-state index contributed by atoms with van der Waals surface area (Å²) >= 11 is 0. The van der Waals surface area contributed by atoms with Crippen molar-refractivity contribution in [2.45, 2.75) is 6.42 Å². The number of primary amides is 1. The highest BCUT2D eigenvalue weighted by Crippen LogP contribution is 2.21. The van der Waals surface area contributed by atoms with E-state index in [1.165, 1.54) is 13.2 Å². The van der Waals surface area contributed by atoms with Crippen LogP contribution in [0.25, 0.3) is 0 Å². The number of rotatable bonds is 5. The quantitative estimate of drug-likeness (QED) is 0.620. The Balaban J connectivity index is 2.63. The molecule has 0 aliphatic carbocycles. The third-order valence-corrected chi connectivity index (χ3v) is 2.15. The van der Waals surface area contributed by atoms with Crippen LogP contribution in [0.15, 0.2) is 18.2 Å². The van der Waals surface area contributed by atoms with E-state index in [9.17, 15) is 9.59 Å². The number of amides is 2. The van der Waals surface area contributed by atoms with Crippen LogP contribution in [-0.2, 0) is 4.79 Å². The molecule has 0 aliphatic heterocycles. The molecule has 6 heteroatoms. The minimum Gasteiger partial charge on any atom is -0.495 e. The largest absolute Gasteiger partial charge is 0.495 e. The van der Waals surface area contributed by atoms with Gasteiger partial charge in [0.15, 0.2) is 0 Å². The van der Waals surface area contributed by atoms with E-state index in [1.54, 1.807) is 12.1 Å². The molecule has 0 saturated heterocycles. The number of nitrogens with two attached hydrogens (primary N) is 2. The van der Waals surface area contributed by atoms with Gasteiger partial charge in [-0.25, -0.2) is 0 Å². The van der Waals surface area contributed by atoms with E-state index in [0.717, 1.165) is 0 Å². The van der Waals surface area contributed by atoms with Crippen LogP contribution in [0.4, 0.5) is 5.69 Å². The molecule has 0 spiro atoms. The Labute approximate surface area is 98.9 Å². The fraction of sp³-hybridized carbons (Fsp3) is 0.273. The van der Waals surface area contributed by atoms with Gasteiger partial charge < -0.3 is 21.5 Å². The molecule has 1 aromatic carbocycles. The number of ether oxygens (including phenoxy) is 1. The lowest BCUT2D eigenvalue weighted by Crippen LogP contribution is -2.27. The molecule has 0 saturated carbocycles. The Bertz CT molecular complexity index is 432. The number of benzene rings is 1.